The summed E-state index contributed by atoms with van der Waals surface area (Å²) in [5, 5.41) is -0.268. The second kappa shape index (κ2) is 9.75. The van der Waals surface area contributed by atoms with Crippen LogP contribution in [-0.2, 0) is 17.9 Å². The Bertz CT molecular complexity index is 1170. The Kier molecular flexibility index (Phi) is 6.61. The zero-order chi connectivity index (χ0) is 22.5. The molecule has 0 aliphatic carbocycles. The fraction of sp³-hybridized carbons (Fsp3) is 0.154. The zero-order valence-electron chi connectivity index (χ0n) is 17.9. The van der Waals surface area contributed by atoms with Crippen molar-refractivity contribution in [2.75, 3.05) is 7.11 Å². The maximum absolute atomic E-state index is 12.8. The molecule has 1 aliphatic rings. The van der Waals surface area contributed by atoms with Gasteiger partial charge in [0.2, 0.25) is 0 Å². The first kappa shape index (κ1) is 21.7. The summed E-state index contributed by atoms with van der Waals surface area (Å²) in [5.74, 6) is 0.890. The van der Waals surface area contributed by atoms with Gasteiger partial charge in [-0.05, 0) is 53.6 Å². The summed E-state index contributed by atoms with van der Waals surface area (Å²) in [6.07, 6.45) is 1.71. The summed E-state index contributed by atoms with van der Waals surface area (Å²) in [6, 6.07) is 23.1. The number of ether oxygens (including phenoxy) is 2. The lowest BCUT2D eigenvalue weighted by Gasteiger charge is -2.12. The molecule has 6 heteroatoms. The van der Waals surface area contributed by atoms with Crippen LogP contribution in [0.3, 0.4) is 0 Å². The van der Waals surface area contributed by atoms with E-state index in [1.165, 1.54) is 10.5 Å². The number of hydrogen-bond acceptors (Lipinski definition) is 5. The van der Waals surface area contributed by atoms with E-state index in [0.29, 0.717) is 23.0 Å². The Morgan fingerprint density at radius 1 is 0.906 bits per heavy atom. The molecule has 0 unspecified atom stereocenters. The molecule has 1 heterocycles. The van der Waals surface area contributed by atoms with Gasteiger partial charge in [-0.1, -0.05) is 66.2 Å². The number of carbonyl (C=O) groups excluding carboxylic acids is 2. The number of imide groups is 1. The maximum Gasteiger partial charge on any atom is 0.293 e. The van der Waals surface area contributed by atoms with Gasteiger partial charge >= 0.3 is 0 Å². The number of carbonyl (C=O) groups is 2. The SMILES string of the molecule is COc1cc(/C=C2\SC(=O)N(Cc3ccccc3)C2=O)ccc1OCc1cccc(C)c1. The van der Waals surface area contributed by atoms with Crippen molar-refractivity contribution in [2.24, 2.45) is 0 Å². The second-order valence-electron chi connectivity index (χ2n) is 7.44. The summed E-state index contributed by atoms with van der Waals surface area (Å²) in [7, 11) is 1.58. The Balaban J connectivity index is 1.48. The molecule has 1 fully saturated rings. The number of methoxy groups -OCH3 is 1. The van der Waals surface area contributed by atoms with Gasteiger partial charge in [0, 0.05) is 0 Å². The van der Waals surface area contributed by atoms with Gasteiger partial charge in [-0.2, -0.15) is 0 Å². The quantitative estimate of drug-likeness (QED) is 0.429. The van der Waals surface area contributed by atoms with Crippen LogP contribution >= 0.6 is 11.8 Å². The molecule has 162 valence electrons. The lowest BCUT2D eigenvalue weighted by molar-refractivity contribution is -0.123. The van der Waals surface area contributed by atoms with Crippen molar-refractivity contribution in [3.8, 4) is 11.5 Å². The molecule has 3 aromatic carbocycles. The van der Waals surface area contributed by atoms with Gasteiger partial charge in [0.1, 0.15) is 6.61 Å². The number of amides is 2. The van der Waals surface area contributed by atoms with Crippen LogP contribution in [0.25, 0.3) is 6.08 Å². The molecule has 1 aliphatic heterocycles. The molecule has 1 saturated heterocycles. The third kappa shape index (κ3) is 5.03. The van der Waals surface area contributed by atoms with Gasteiger partial charge in [0.15, 0.2) is 11.5 Å². The third-order valence-electron chi connectivity index (χ3n) is 5.02. The molecule has 5 nitrogen and oxygen atoms in total. The molecule has 0 spiro atoms. The number of nitrogens with zero attached hydrogens (tertiary/aromatic N) is 1. The van der Waals surface area contributed by atoms with Crippen LogP contribution in [0.1, 0.15) is 22.3 Å². The number of thioether (sulfide) groups is 1. The lowest BCUT2D eigenvalue weighted by Crippen LogP contribution is -2.27. The summed E-state index contributed by atoms with van der Waals surface area (Å²) < 4.78 is 11.4. The summed E-state index contributed by atoms with van der Waals surface area (Å²) in [6.45, 7) is 2.73. The largest absolute Gasteiger partial charge is 0.493 e. The van der Waals surface area contributed by atoms with Crippen LogP contribution < -0.4 is 9.47 Å². The van der Waals surface area contributed by atoms with Crippen LogP contribution in [0.2, 0.25) is 0 Å². The molecule has 4 rings (SSSR count). The van der Waals surface area contributed by atoms with Crippen molar-refractivity contribution in [3.63, 3.8) is 0 Å². The predicted molar refractivity (Wildman–Crippen MR) is 126 cm³/mol. The molecule has 0 aromatic heterocycles. The molecule has 0 N–H and O–H groups in total. The van der Waals surface area contributed by atoms with E-state index in [4.69, 9.17) is 9.47 Å². The molecular weight excluding hydrogens is 422 g/mol. The van der Waals surface area contributed by atoms with Crippen molar-refractivity contribution in [1.29, 1.82) is 0 Å². The lowest BCUT2D eigenvalue weighted by atomic mass is 10.1. The van der Waals surface area contributed by atoms with E-state index < -0.39 is 0 Å². The zero-order valence-corrected chi connectivity index (χ0v) is 18.7. The monoisotopic (exact) mass is 445 g/mol. The van der Waals surface area contributed by atoms with Crippen LogP contribution in [0.15, 0.2) is 77.7 Å². The smallest absolute Gasteiger partial charge is 0.293 e. The maximum atomic E-state index is 12.8. The Morgan fingerprint density at radius 3 is 2.44 bits per heavy atom. The minimum Gasteiger partial charge on any atom is -0.493 e. The van der Waals surface area contributed by atoms with Gasteiger partial charge in [-0.3, -0.25) is 14.5 Å². The van der Waals surface area contributed by atoms with Crippen molar-refractivity contribution < 1.29 is 19.1 Å². The molecule has 0 radical (unpaired) electrons. The fourth-order valence-electron chi connectivity index (χ4n) is 3.41. The summed E-state index contributed by atoms with van der Waals surface area (Å²) >= 11 is 0.949. The van der Waals surface area contributed by atoms with E-state index in [9.17, 15) is 9.59 Å². The van der Waals surface area contributed by atoms with Crippen molar-refractivity contribution in [3.05, 3.63) is 100.0 Å². The topological polar surface area (TPSA) is 55.8 Å². The van der Waals surface area contributed by atoms with Gasteiger partial charge in [0.25, 0.3) is 11.1 Å². The van der Waals surface area contributed by atoms with E-state index in [0.717, 1.165) is 28.5 Å². The molecule has 0 saturated carbocycles. The number of hydrogen-bond donors (Lipinski definition) is 0. The average Bonchev–Trinajstić information content (AvgIpc) is 3.06. The standard InChI is InChI=1S/C26H23NO4S/c1-18-7-6-10-21(13-18)17-31-22-12-11-20(14-23(22)30-2)15-24-25(28)27(26(29)32-24)16-19-8-4-3-5-9-19/h3-15H,16-17H2,1-2H3/b24-15-. The minimum atomic E-state index is -0.289. The highest BCUT2D eigenvalue weighted by atomic mass is 32.2. The minimum absolute atomic E-state index is 0.262. The Morgan fingerprint density at radius 2 is 1.69 bits per heavy atom. The molecule has 0 bridgehead atoms. The average molecular weight is 446 g/mol. The number of benzene rings is 3. The highest BCUT2D eigenvalue weighted by molar-refractivity contribution is 8.18. The van der Waals surface area contributed by atoms with Crippen molar-refractivity contribution in [1.82, 2.24) is 4.90 Å². The highest BCUT2D eigenvalue weighted by Gasteiger charge is 2.34. The van der Waals surface area contributed by atoms with Crippen LogP contribution in [0.4, 0.5) is 4.79 Å². The van der Waals surface area contributed by atoms with Crippen molar-refractivity contribution in [2.45, 2.75) is 20.1 Å². The third-order valence-corrected chi connectivity index (χ3v) is 5.93. The number of rotatable bonds is 7. The molecule has 0 atom stereocenters. The molecule has 32 heavy (non-hydrogen) atoms. The van der Waals surface area contributed by atoms with Gasteiger partial charge in [-0.15, -0.1) is 0 Å². The fourth-order valence-corrected chi connectivity index (χ4v) is 4.25. The summed E-state index contributed by atoms with van der Waals surface area (Å²) in [5.41, 5.74) is 3.92. The van der Waals surface area contributed by atoms with Crippen LogP contribution in [-0.4, -0.2) is 23.2 Å². The second-order valence-corrected chi connectivity index (χ2v) is 8.43. The first-order chi connectivity index (χ1) is 15.5. The predicted octanol–water partition coefficient (Wildman–Crippen LogP) is 5.82. The van der Waals surface area contributed by atoms with Gasteiger partial charge < -0.3 is 9.47 Å². The number of aryl methyl sites for hydroxylation is 1. The van der Waals surface area contributed by atoms with Gasteiger partial charge in [0.05, 0.1) is 18.6 Å². The van der Waals surface area contributed by atoms with E-state index in [1.54, 1.807) is 19.3 Å². The van der Waals surface area contributed by atoms with E-state index in [2.05, 4.69) is 6.07 Å². The Hall–Kier alpha value is -3.51. The molecule has 3 aromatic rings. The highest BCUT2D eigenvalue weighted by Crippen LogP contribution is 2.35. The van der Waals surface area contributed by atoms with E-state index >= 15 is 0 Å². The molecule has 2 amide bonds. The van der Waals surface area contributed by atoms with Crippen molar-refractivity contribution >= 4 is 29.0 Å². The van der Waals surface area contributed by atoms with Crippen LogP contribution in [0, 0.1) is 6.92 Å². The summed E-state index contributed by atoms with van der Waals surface area (Å²) in [4.78, 5) is 26.8. The normalized spacial score (nSPS) is 14.8. The Labute approximate surface area is 191 Å². The van der Waals surface area contributed by atoms with E-state index in [1.807, 2.05) is 67.6 Å². The first-order valence-corrected chi connectivity index (χ1v) is 11.0. The van der Waals surface area contributed by atoms with Crippen LogP contribution in [0.5, 0.6) is 11.5 Å². The first-order valence-electron chi connectivity index (χ1n) is 10.2. The molecular formula is C26H23NO4S. The van der Waals surface area contributed by atoms with Gasteiger partial charge in [-0.25, -0.2) is 0 Å². The van der Waals surface area contributed by atoms with E-state index in [-0.39, 0.29) is 17.7 Å².